The van der Waals surface area contributed by atoms with Crippen LogP contribution in [0, 0.1) is 10.1 Å². The summed E-state index contributed by atoms with van der Waals surface area (Å²) in [5, 5.41) is 29.6. The maximum absolute atomic E-state index is 12.2. The van der Waals surface area contributed by atoms with E-state index in [1.807, 2.05) is 0 Å². The Morgan fingerprint density at radius 3 is 2.43 bits per heavy atom. The number of benzene rings is 1. The molecule has 0 saturated carbocycles. The van der Waals surface area contributed by atoms with Crippen LogP contribution in [0.1, 0.15) is 24.9 Å². The fourth-order valence-electron chi connectivity index (χ4n) is 2.61. The summed E-state index contributed by atoms with van der Waals surface area (Å²) in [6, 6.07) is 4.63. The number of Topliss-reactive ketones (excluding diaryl/α,β-unsaturated/α-hetero) is 1. The zero-order chi connectivity index (χ0) is 17.1. The zero-order valence-electron chi connectivity index (χ0n) is 12.4. The number of rotatable bonds is 6. The van der Waals surface area contributed by atoms with Crippen LogP contribution in [0.3, 0.4) is 0 Å². The minimum Gasteiger partial charge on any atom is -0.503 e. The molecule has 122 valence electrons. The summed E-state index contributed by atoms with van der Waals surface area (Å²) in [4.78, 5) is 35.4. The Balaban J connectivity index is 2.45. The third kappa shape index (κ3) is 3.07. The second kappa shape index (κ2) is 6.57. The predicted molar refractivity (Wildman–Crippen MR) is 79.6 cm³/mol. The van der Waals surface area contributed by atoms with Crippen molar-refractivity contribution >= 4 is 17.4 Å². The molecule has 1 aromatic rings. The second-order valence-corrected chi connectivity index (χ2v) is 5.15. The van der Waals surface area contributed by atoms with Gasteiger partial charge in [0.25, 0.3) is 11.6 Å². The Morgan fingerprint density at radius 1 is 1.35 bits per heavy atom. The molecule has 8 nitrogen and oxygen atoms in total. The Hall–Kier alpha value is -2.74. The fraction of sp³-hybridized carbons (Fsp3) is 0.333. The van der Waals surface area contributed by atoms with E-state index in [-0.39, 0.29) is 30.8 Å². The van der Waals surface area contributed by atoms with E-state index in [1.54, 1.807) is 0 Å². The van der Waals surface area contributed by atoms with Crippen molar-refractivity contribution in [1.29, 1.82) is 0 Å². The Morgan fingerprint density at radius 2 is 1.96 bits per heavy atom. The van der Waals surface area contributed by atoms with Crippen LogP contribution < -0.4 is 0 Å². The van der Waals surface area contributed by atoms with E-state index in [0.717, 1.165) is 0 Å². The van der Waals surface area contributed by atoms with Crippen LogP contribution in [0.4, 0.5) is 5.69 Å². The first-order chi connectivity index (χ1) is 10.9. The number of aliphatic hydroxyl groups is 2. The van der Waals surface area contributed by atoms with Gasteiger partial charge in [-0.1, -0.05) is 0 Å². The summed E-state index contributed by atoms with van der Waals surface area (Å²) in [5.74, 6) is -1.75. The quantitative estimate of drug-likeness (QED) is 0.601. The molecule has 0 radical (unpaired) electrons. The predicted octanol–water partition coefficient (Wildman–Crippen LogP) is 1.26. The first kappa shape index (κ1) is 16.6. The molecule has 0 spiro atoms. The van der Waals surface area contributed by atoms with Crippen molar-refractivity contribution in [3.05, 3.63) is 51.3 Å². The molecule has 23 heavy (non-hydrogen) atoms. The molecule has 1 amide bonds. The molecule has 0 saturated heterocycles. The molecule has 1 aromatic carbocycles. The molecular weight excluding hydrogens is 304 g/mol. The van der Waals surface area contributed by atoms with Gasteiger partial charge in [0.2, 0.25) is 0 Å². The van der Waals surface area contributed by atoms with Gasteiger partial charge in [0.05, 0.1) is 16.5 Å². The van der Waals surface area contributed by atoms with Crippen LogP contribution in [0.2, 0.25) is 0 Å². The van der Waals surface area contributed by atoms with E-state index < -0.39 is 28.4 Å². The lowest BCUT2D eigenvalue weighted by Crippen LogP contribution is -2.32. The number of nitro benzene ring substituents is 1. The Kier molecular flexibility index (Phi) is 4.75. The van der Waals surface area contributed by atoms with E-state index in [0.29, 0.717) is 5.56 Å². The number of carbonyl (C=O) groups is 2. The number of hydrogen-bond acceptors (Lipinski definition) is 6. The third-order valence-corrected chi connectivity index (χ3v) is 3.66. The molecule has 1 heterocycles. The van der Waals surface area contributed by atoms with Crippen LogP contribution in [-0.4, -0.2) is 44.9 Å². The highest BCUT2D eigenvalue weighted by molar-refractivity contribution is 6.08. The van der Waals surface area contributed by atoms with Crippen molar-refractivity contribution in [2.45, 2.75) is 19.4 Å². The lowest BCUT2D eigenvalue weighted by molar-refractivity contribution is -0.384. The van der Waals surface area contributed by atoms with Crippen molar-refractivity contribution in [1.82, 2.24) is 4.90 Å². The minimum absolute atomic E-state index is 0.0400. The van der Waals surface area contributed by atoms with Crippen molar-refractivity contribution in [2.75, 3.05) is 13.2 Å². The lowest BCUT2D eigenvalue weighted by Gasteiger charge is -2.26. The van der Waals surface area contributed by atoms with Crippen LogP contribution in [-0.2, 0) is 9.59 Å². The summed E-state index contributed by atoms with van der Waals surface area (Å²) in [6.07, 6.45) is 0.285. The van der Waals surface area contributed by atoms with Gasteiger partial charge in [-0.25, -0.2) is 0 Å². The van der Waals surface area contributed by atoms with Gasteiger partial charge in [-0.3, -0.25) is 19.7 Å². The first-order valence-corrected chi connectivity index (χ1v) is 6.98. The van der Waals surface area contributed by atoms with Crippen LogP contribution in [0.25, 0.3) is 0 Å². The average Bonchev–Trinajstić information content (AvgIpc) is 2.77. The summed E-state index contributed by atoms with van der Waals surface area (Å²) in [7, 11) is 0. The van der Waals surface area contributed by atoms with Crippen molar-refractivity contribution < 1.29 is 24.7 Å². The second-order valence-electron chi connectivity index (χ2n) is 5.15. The molecule has 0 fully saturated rings. The highest BCUT2D eigenvalue weighted by Gasteiger charge is 2.42. The molecule has 1 aliphatic heterocycles. The third-order valence-electron chi connectivity index (χ3n) is 3.66. The molecular formula is C15H16N2O6. The number of hydrogen-bond donors (Lipinski definition) is 2. The van der Waals surface area contributed by atoms with E-state index in [2.05, 4.69) is 0 Å². The van der Waals surface area contributed by atoms with Gasteiger partial charge in [0.15, 0.2) is 11.5 Å². The smallest absolute Gasteiger partial charge is 0.290 e. The summed E-state index contributed by atoms with van der Waals surface area (Å²) in [6.45, 7) is 1.25. The van der Waals surface area contributed by atoms with E-state index in [1.165, 1.54) is 36.1 Å². The summed E-state index contributed by atoms with van der Waals surface area (Å²) < 4.78 is 0. The number of non-ortho nitro benzene ring substituents is 1. The zero-order valence-corrected chi connectivity index (χ0v) is 12.4. The molecule has 0 aliphatic carbocycles. The number of amides is 1. The molecule has 8 heteroatoms. The first-order valence-electron chi connectivity index (χ1n) is 6.98. The van der Waals surface area contributed by atoms with E-state index in [4.69, 9.17) is 5.11 Å². The van der Waals surface area contributed by atoms with Gasteiger partial charge in [-0.05, 0) is 31.0 Å². The van der Waals surface area contributed by atoms with Gasteiger partial charge >= 0.3 is 0 Å². The summed E-state index contributed by atoms with van der Waals surface area (Å²) in [5.41, 5.74) is 0.329. The molecule has 1 atom stereocenters. The Bertz CT molecular complexity index is 680. The Labute approximate surface area is 131 Å². The topological polar surface area (TPSA) is 121 Å². The molecule has 0 aromatic heterocycles. The number of nitrogens with zero attached hydrogens (tertiary/aromatic N) is 2. The monoisotopic (exact) mass is 320 g/mol. The van der Waals surface area contributed by atoms with Crippen LogP contribution in [0.15, 0.2) is 35.6 Å². The highest BCUT2D eigenvalue weighted by atomic mass is 16.6. The number of nitro groups is 1. The minimum atomic E-state index is -0.813. The van der Waals surface area contributed by atoms with Gasteiger partial charge in [0.1, 0.15) is 0 Å². The number of ketones is 1. The van der Waals surface area contributed by atoms with Gasteiger partial charge in [-0.15, -0.1) is 0 Å². The molecule has 0 unspecified atom stereocenters. The normalized spacial score (nSPS) is 17.7. The largest absolute Gasteiger partial charge is 0.503 e. The van der Waals surface area contributed by atoms with Crippen molar-refractivity contribution in [2.24, 2.45) is 0 Å². The summed E-state index contributed by atoms with van der Waals surface area (Å²) >= 11 is 0. The van der Waals surface area contributed by atoms with Crippen LogP contribution in [0.5, 0.6) is 0 Å². The lowest BCUT2D eigenvalue weighted by atomic mass is 9.96. The molecule has 1 aliphatic rings. The molecule has 2 rings (SSSR count). The number of aliphatic hydroxyl groups excluding tert-OH is 2. The molecule has 0 bridgehead atoms. The van der Waals surface area contributed by atoms with E-state index >= 15 is 0 Å². The molecule has 2 N–H and O–H groups in total. The van der Waals surface area contributed by atoms with Crippen molar-refractivity contribution in [3.63, 3.8) is 0 Å². The SMILES string of the molecule is CC(=O)C1=C(O)C(=O)N(CCCO)[C@H]1c1ccc([N+](=O)[O-])cc1. The highest BCUT2D eigenvalue weighted by Crippen LogP contribution is 2.38. The standard InChI is InChI=1S/C15H16N2O6/c1-9(19)12-13(10-3-5-11(6-4-10)17(22)23)16(7-2-8-18)15(21)14(12)20/h3-6,13,18,20H,2,7-8H2,1H3/t13-/m0/s1. The number of carbonyl (C=O) groups excluding carboxylic acids is 2. The van der Waals surface area contributed by atoms with E-state index in [9.17, 15) is 24.8 Å². The maximum Gasteiger partial charge on any atom is 0.290 e. The fourth-order valence-corrected chi connectivity index (χ4v) is 2.61. The van der Waals surface area contributed by atoms with Crippen LogP contribution >= 0.6 is 0 Å². The van der Waals surface area contributed by atoms with Crippen molar-refractivity contribution in [3.8, 4) is 0 Å². The van der Waals surface area contributed by atoms with Gasteiger partial charge in [-0.2, -0.15) is 0 Å². The van der Waals surface area contributed by atoms with Gasteiger partial charge in [0, 0.05) is 25.3 Å². The average molecular weight is 320 g/mol. The van der Waals surface area contributed by atoms with Gasteiger partial charge < -0.3 is 15.1 Å². The maximum atomic E-state index is 12.2.